The molecule has 1 saturated heterocycles. The van der Waals surface area contributed by atoms with E-state index < -0.39 is 0 Å². The zero-order valence-corrected chi connectivity index (χ0v) is 9.90. The van der Waals surface area contributed by atoms with E-state index in [9.17, 15) is 4.39 Å². The zero-order valence-electron chi connectivity index (χ0n) is 9.90. The van der Waals surface area contributed by atoms with Gasteiger partial charge in [-0.25, -0.2) is 14.4 Å². The van der Waals surface area contributed by atoms with Crippen molar-refractivity contribution >= 4 is 5.82 Å². The van der Waals surface area contributed by atoms with Crippen LogP contribution in [0.15, 0.2) is 6.33 Å². The molecule has 0 saturated carbocycles. The van der Waals surface area contributed by atoms with Crippen LogP contribution in [0.25, 0.3) is 0 Å². The standard InChI is InChI=1S/C11H17FN4O/c1-2-9-10(12)11(15-7-14-9)16-3-4-17-6-8(16)5-13/h7-8H,2-6,13H2,1H3. The summed E-state index contributed by atoms with van der Waals surface area (Å²) < 4.78 is 19.5. The second kappa shape index (κ2) is 5.37. The molecule has 5 nitrogen and oxygen atoms in total. The number of nitrogens with zero attached hydrogens (tertiary/aromatic N) is 3. The number of anilines is 1. The van der Waals surface area contributed by atoms with Gasteiger partial charge in [0.05, 0.1) is 24.9 Å². The molecule has 0 amide bonds. The fourth-order valence-electron chi connectivity index (χ4n) is 1.97. The van der Waals surface area contributed by atoms with Crippen LogP contribution >= 0.6 is 0 Å². The third-order valence-corrected chi connectivity index (χ3v) is 2.95. The van der Waals surface area contributed by atoms with Gasteiger partial charge in [0, 0.05) is 13.1 Å². The Morgan fingerprint density at radius 1 is 1.59 bits per heavy atom. The lowest BCUT2D eigenvalue weighted by atomic mass is 10.2. The Labute approximate surface area is 99.8 Å². The van der Waals surface area contributed by atoms with E-state index in [-0.39, 0.29) is 11.9 Å². The predicted molar refractivity (Wildman–Crippen MR) is 62.4 cm³/mol. The Balaban J connectivity index is 2.31. The van der Waals surface area contributed by atoms with Gasteiger partial charge in [0.25, 0.3) is 0 Å². The molecule has 0 radical (unpaired) electrons. The van der Waals surface area contributed by atoms with Crippen molar-refractivity contribution in [3.8, 4) is 0 Å². The van der Waals surface area contributed by atoms with Crippen LogP contribution < -0.4 is 10.6 Å². The summed E-state index contributed by atoms with van der Waals surface area (Å²) in [4.78, 5) is 9.84. The maximum atomic E-state index is 14.1. The first-order chi connectivity index (χ1) is 8.27. The van der Waals surface area contributed by atoms with E-state index in [1.165, 1.54) is 6.33 Å². The van der Waals surface area contributed by atoms with Crippen molar-refractivity contribution in [2.75, 3.05) is 31.2 Å². The normalized spacial score (nSPS) is 20.6. The molecular formula is C11H17FN4O. The molecule has 0 spiro atoms. The van der Waals surface area contributed by atoms with E-state index in [2.05, 4.69) is 9.97 Å². The molecule has 1 aromatic rings. The molecular weight excluding hydrogens is 223 g/mol. The zero-order chi connectivity index (χ0) is 12.3. The van der Waals surface area contributed by atoms with E-state index in [0.29, 0.717) is 44.2 Å². The van der Waals surface area contributed by atoms with Crippen molar-refractivity contribution in [1.82, 2.24) is 9.97 Å². The topological polar surface area (TPSA) is 64.3 Å². The minimum atomic E-state index is -0.338. The SMILES string of the molecule is CCc1ncnc(N2CCOCC2CN)c1F. The maximum Gasteiger partial charge on any atom is 0.187 e. The summed E-state index contributed by atoms with van der Waals surface area (Å²) in [5, 5.41) is 0. The van der Waals surface area contributed by atoms with E-state index in [1.54, 1.807) is 0 Å². The number of aryl methyl sites for hydroxylation is 1. The lowest BCUT2D eigenvalue weighted by molar-refractivity contribution is 0.0954. The molecule has 17 heavy (non-hydrogen) atoms. The van der Waals surface area contributed by atoms with Crippen molar-refractivity contribution in [2.24, 2.45) is 5.73 Å². The summed E-state index contributed by atoms with van der Waals surface area (Å²) in [6.07, 6.45) is 1.96. The van der Waals surface area contributed by atoms with Gasteiger partial charge in [0.1, 0.15) is 6.33 Å². The molecule has 1 aliphatic heterocycles. The van der Waals surface area contributed by atoms with Crippen molar-refractivity contribution < 1.29 is 9.13 Å². The highest BCUT2D eigenvalue weighted by Crippen LogP contribution is 2.21. The molecule has 1 aromatic heterocycles. The summed E-state index contributed by atoms with van der Waals surface area (Å²) in [6, 6.07) is -0.0159. The minimum absolute atomic E-state index is 0.0159. The van der Waals surface area contributed by atoms with Gasteiger partial charge < -0.3 is 15.4 Å². The molecule has 2 N–H and O–H groups in total. The third kappa shape index (κ3) is 2.37. The van der Waals surface area contributed by atoms with Gasteiger partial charge in [-0.2, -0.15) is 0 Å². The number of ether oxygens (including phenoxy) is 1. The monoisotopic (exact) mass is 240 g/mol. The number of nitrogens with two attached hydrogens (primary N) is 1. The quantitative estimate of drug-likeness (QED) is 0.825. The first-order valence-electron chi connectivity index (χ1n) is 5.81. The van der Waals surface area contributed by atoms with Crippen LogP contribution in [0, 0.1) is 5.82 Å². The largest absolute Gasteiger partial charge is 0.377 e. The Morgan fingerprint density at radius 3 is 3.12 bits per heavy atom. The summed E-state index contributed by atoms with van der Waals surface area (Å²) >= 11 is 0. The number of hydrogen-bond donors (Lipinski definition) is 1. The fraction of sp³-hybridized carbons (Fsp3) is 0.636. The van der Waals surface area contributed by atoms with Crippen LogP contribution in [0.4, 0.5) is 10.2 Å². The first-order valence-corrected chi connectivity index (χ1v) is 5.81. The smallest absolute Gasteiger partial charge is 0.187 e. The van der Waals surface area contributed by atoms with Crippen molar-refractivity contribution in [3.05, 3.63) is 17.8 Å². The molecule has 6 heteroatoms. The summed E-state index contributed by atoms with van der Waals surface area (Å²) in [5.41, 5.74) is 6.11. The number of hydrogen-bond acceptors (Lipinski definition) is 5. The Hall–Kier alpha value is -1.27. The van der Waals surface area contributed by atoms with Gasteiger partial charge in [-0.05, 0) is 6.42 Å². The average molecular weight is 240 g/mol. The molecule has 0 bridgehead atoms. The number of morpholine rings is 1. The van der Waals surface area contributed by atoms with E-state index >= 15 is 0 Å². The predicted octanol–water partition coefficient (Wildman–Crippen LogP) is 0.342. The van der Waals surface area contributed by atoms with Gasteiger partial charge in [-0.3, -0.25) is 0 Å². The summed E-state index contributed by atoms with van der Waals surface area (Å²) in [6.45, 7) is 3.99. The maximum absolute atomic E-state index is 14.1. The number of halogens is 1. The Morgan fingerprint density at radius 2 is 2.41 bits per heavy atom. The molecule has 2 heterocycles. The Bertz CT molecular complexity index is 388. The van der Waals surface area contributed by atoms with Crippen LogP contribution in [0.2, 0.25) is 0 Å². The molecule has 1 fully saturated rings. The first kappa shape index (κ1) is 12.2. The highest BCUT2D eigenvalue weighted by molar-refractivity contribution is 5.43. The van der Waals surface area contributed by atoms with Crippen molar-refractivity contribution in [3.63, 3.8) is 0 Å². The summed E-state index contributed by atoms with van der Waals surface area (Å²) in [7, 11) is 0. The minimum Gasteiger partial charge on any atom is -0.377 e. The molecule has 94 valence electrons. The molecule has 0 aliphatic carbocycles. The van der Waals surface area contributed by atoms with Gasteiger partial charge in [0.2, 0.25) is 0 Å². The second-order valence-corrected chi connectivity index (χ2v) is 3.97. The van der Waals surface area contributed by atoms with Crippen LogP contribution in [0.1, 0.15) is 12.6 Å². The highest BCUT2D eigenvalue weighted by atomic mass is 19.1. The number of aromatic nitrogens is 2. The van der Waals surface area contributed by atoms with Gasteiger partial charge in [0.15, 0.2) is 11.6 Å². The third-order valence-electron chi connectivity index (χ3n) is 2.95. The average Bonchev–Trinajstić information content (AvgIpc) is 2.39. The van der Waals surface area contributed by atoms with Crippen molar-refractivity contribution in [1.29, 1.82) is 0 Å². The Kier molecular flexibility index (Phi) is 3.86. The molecule has 2 rings (SSSR count). The van der Waals surface area contributed by atoms with Crippen LogP contribution in [0.5, 0.6) is 0 Å². The van der Waals surface area contributed by atoms with E-state index in [1.807, 2.05) is 11.8 Å². The fourth-order valence-corrected chi connectivity index (χ4v) is 1.97. The number of rotatable bonds is 3. The van der Waals surface area contributed by atoms with Gasteiger partial charge in [-0.1, -0.05) is 6.92 Å². The van der Waals surface area contributed by atoms with Crippen molar-refractivity contribution in [2.45, 2.75) is 19.4 Å². The van der Waals surface area contributed by atoms with E-state index in [4.69, 9.17) is 10.5 Å². The molecule has 1 aliphatic rings. The lowest BCUT2D eigenvalue weighted by Gasteiger charge is -2.35. The van der Waals surface area contributed by atoms with Crippen LogP contribution in [-0.2, 0) is 11.2 Å². The van der Waals surface area contributed by atoms with Crippen LogP contribution in [0.3, 0.4) is 0 Å². The highest BCUT2D eigenvalue weighted by Gasteiger charge is 2.26. The molecule has 0 aromatic carbocycles. The van der Waals surface area contributed by atoms with Gasteiger partial charge >= 0.3 is 0 Å². The van der Waals surface area contributed by atoms with E-state index in [0.717, 1.165) is 0 Å². The van der Waals surface area contributed by atoms with Crippen LogP contribution in [-0.4, -0.2) is 42.3 Å². The molecule has 1 atom stereocenters. The van der Waals surface area contributed by atoms with Gasteiger partial charge in [-0.15, -0.1) is 0 Å². The molecule has 1 unspecified atom stereocenters. The second-order valence-electron chi connectivity index (χ2n) is 3.97. The lowest BCUT2D eigenvalue weighted by Crippen LogP contribution is -2.50. The summed E-state index contributed by atoms with van der Waals surface area (Å²) in [5.74, 6) is 0.00551.